The fourth-order valence-corrected chi connectivity index (χ4v) is 1.10. The highest BCUT2D eigenvalue weighted by atomic mass is 32.1. The minimum atomic E-state index is -0.113. The summed E-state index contributed by atoms with van der Waals surface area (Å²) >= 11 is 1.18. The molecule has 0 aliphatic rings. The number of carbonyl (C=O) groups is 1. The molecule has 0 fully saturated rings. The molecule has 0 aliphatic carbocycles. The first-order valence-corrected chi connectivity index (χ1v) is 3.54. The van der Waals surface area contributed by atoms with Crippen molar-refractivity contribution in [1.82, 2.24) is 4.98 Å². The lowest BCUT2D eigenvalue weighted by atomic mass is 10.3. The quantitative estimate of drug-likeness (QED) is 0.286. The van der Waals surface area contributed by atoms with Gasteiger partial charge in [-0.1, -0.05) is 5.16 Å². The van der Waals surface area contributed by atoms with E-state index in [9.17, 15) is 4.79 Å². The molecule has 0 saturated carbocycles. The molecule has 0 bridgehead atoms. The molecule has 1 rings (SSSR count). The Bertz CT molecular complexity index is 294. The molecule has 6 heteroatoms. The monoisotopic (exact) mass is 171 g/mol. The van der Waals surface area contributed by atoms with E-state index in [1.165, 1.54) is 11.3 Å². The summed E-state index contributed by atoms with van der Waals surface area (Å²) in [7, 11) is 0. The third-order valence-electron chi connectivity index (χ3n) is 1.00. The highest BCUT2D eigenvalue weighted by Gasteiger charge is 2.05. The predicted octanol–water partition coefficient (Wildman–Crippen LogP) is 0.103. The van der Waals surface area contributed by atoms with E-state index in [1.54, 1.807) is 5.38 Å². The average molecular weight is 171 g/mol. The van der Waals surface area contributed by atoms with Gasteiger partial charge in [-0.05, 0) is 0 Å². The number of nitrogens with zero attached hydrogens (tertiary/aromatic N) is 2. The lowest BCUT2D eigenvalue weighted by molar-refractivity contribution is -0.102. The van der Waals surface area contributed by atoms with Crippen molar-refractivity contribution in [3.8, 4) is 0 Å². The highest BCUT2D eigenvalue weighted by Crippen LogP contribution is 2.10. The molecule has 1 aromatic heterocycles. The van der Waals surface area contributed by atoms with Gasteiger partial charge in [-0.2, -0.15) is 0 Å². The first-order chi connectivity index (χ1) is 5.27. The van der Waals surface area contributed by atoms with Crippen LogP contribution >= 0.6 is 11.3 Å². The number of anilines is 1. The Balaban J connectivity index is 3.00. The molecule has 1 aromatic rings. The molecule has 11 heavy (non-hydrogen) atoms. The highest BCUT2D eigenvalue weighted by molar-refractivity contribution is 7.13. The summed E-state index contributed by atoms with van der Waals surface area (Å²) in [5.74, 6) is 0. The van der Waals surface area contributed by atoms with Gasteiger partial charge in [0.25, 0.3) is 0 Å². The zero-order chi connectivity index (χ0) is 8.27. The molecule has 58 valence electrons. The maximum absolute atomic E-state index is 10.2. The van der Waals surface area contributed by atoms with Crippen molar-refractivity contribution in [2.24, 2.45) is 5.16 Å². The summed E-state index contributed by atoms with van der Waals surface area (Å²) < 4.78 is 0. The molecule has 0 atom stereocenters. The summed E-state index contributed by atoms with van der Waals surface area (Å²) in [4.78, 5) is 13.9. The SMILES string of the molecule is Nc1nc(/C(C=O)=N/O)cs1. The van der Waals surface area contributed by atoms with Gasteiger partial charge in [-0.3, -0.25) is 4.79 Å². The molecule has 0 unspecified atom stereocenters. The lowest BCUT2D eigenvalue weighted by Gasteiger charge is -1.85. The van der Waals surface area contributed by atoms with Crippen molar-refractivity contribution in [2.75, 3.05) is 5.73 Å². The summed E-state index contributed by atoms with van der Waals surface area (Å²) in [5.41, 5.74) is 5.46. The molecular formula is C5H5N3O2S. The van der Waals surface area contributed by atoms with Crippen LogP contribution in [0.4, 0.5) is 5.13 Å². The molecule has 0 aromatic carbocycles. The van der Waals surface area contributed by atoms with Gasteiger partial charge in [0.05, 0.1) is 0 Å². The van der Waals surface area contributed by atoms with Gasteiger partial charge in [-0.25, -0.2) is 4.98 Å². The number of nitrogens with two attached hydrogens (primary N) is 1. The van der Waals surface area contributed by atoms with Gasteiger partial charge in [0.2, 0.25) is 0 Å². The molecule has 0 spiro atoms. The van der Waals surface area contributed by atoms with Gasteiger partial charge < -0.3 is 10.9 Å². The molecule has 5 nitrogen and oxygen atoms in total. The zero-order valence-corrected chi connectivity index (χ0v) is 6.21. The Morgan fingerprint density at radius 3 is 3.00 bits per heavy atom. The molecular weight excluding hydrogens is 166 g/mol. The fraction of sp³-hybridized carbons (Fsp3) is 0. The first-order valence-electron chi connectivity index (χ1n) is 2.66. The van der Waals surface area contributed by atoms with Crippen LogP contribution in [0.15, 0.2) is 10.5 Å². The van der Waals surface area contributed by atoms with Gasteiger partial charge in [0, 0.05) is 5.38 Å². The number of rotatable bonds is 2. The number of aromatic nitrogens is 1. The normalized spacial score (nSPS) is 11.5. The average Bonchev–Trinajstić information content (AvgIpc) is 2.39. The van der Waals surface area contributed by atoms with Crippen LogP contribution in [0.1, 0.15) is 5.69 Å². The summed E-state index contributed by atoms with van der Waals surface area (Å²) in [6.07, 6.45) is 0.411. The van der Waals surface area contributed by atoms with Crippen LogP contribution in [0.5, 0.6) is 0 Å². The first kappa shape index (κ1) is 7.67. The van der Waals surface area contributed by atoms with Crippen LogP contribution in [-0.4, -0.2) is 22.2 Å². The van der Waals surface area contributed by atoms with Crippen LogP contribution in [0.25, 0.3) is 0 Å². The molecule has 0 aliphatic heterocycles. The zero-order valence-electron chi connectivity index (χ0n) is 5.39. The van der Waals surface area contributed by atoms with E-state index in [1.807, 2.05) is 0 Å². The lowest BCUT2D eigenvalue weighted by Crippen LogP contribution is -2.02. The number of hydrogen-bond donors (Lipinski definition) is 2. The fourth-order valence-electron chi connectivity index (χ4n) is 0.540. The minimum absolute atomic E-state index is 0.113. The molecule has 0 amide bonds. The van der Waals surface area contributed by atoms with E-state index in [2.05, 4.69) is 10.1 Å². The Hall–Kier alpha value is -1.43. The van der Waals surface area contributed by atoms with Gasteiger partial charge >= 0.3 is 0 Å². The van der Waals surface area contributed by atoms with Crippen LogP contribution in [0.2, 0.25) is 0 Å². The van der Waals surface area contributed by atoms with E-state index in [0.717, 1.165) is 0 Å². The van der Waals surface area contributed by atoms with Crippen LogP contribution in [0.3, 0.4) is 0 Å². The van der Waals surface area contributed by atoms with Gasteiger partial charge in [-0.15, -0.1) is 11.3 Å². The maximum atomic E-state index is 10.2. The number of hydrogen-bond acceptors (Lipinski definition) is 6. The van der Waals surface area contributed by atoms with Gasteiger partial charge in [0.15, 0.2) is 17.1 Å². The van der Waals surface area contributed by atoms with Crippen molar-refractivity contribution < 1.29 is 10.0 Å². The van der Waals surface area contributed by atoms with E-state index in [4.69, 9.17) is 10.9 Å². The maximum Gasteiger partial charge on any atom is 0.180 e. The van der Waals surface area contributed by atoms with Crippen LogP contribution < -0.4 is 5.73 Å². The molecule has 0 saturated heterocycles. The molecule has 1 heterocycles. The second-order valence-electron chi connectivity index (χ2n) is 1.67. The van der Waals surface area contributed by atoms with Gasteiger partial charge in [0.1, 0.15) is 5.69 Å². The largest absolute Gasteiger partial charge is 0.410 e. The Morgan fingerprint density at radius 2 is 2.64 bits per heavy atom. The Morgan fingerprint density at radius 1 is 1.91 bits per heavy atom. The number of aldehydes is 1. The third kappa shape index (κ3) is 1.53. The Kier molecular flexibility index (Phi) is 2.17. The van der Waals surface area contributed by atoms with Crippen molar-refractivity contribution in [3.05, 3.63) is 11.1 Å². The van der Waals surface area contributed by atoms with E-state index < -0.39 is 0 Å². The van der Waals surface area contributed by atoms with Crippen molar-refractivity contribution in [1.29, 1.82) is 0 Å². The summed E-state index contributed by atoms with van der Waals surface area (Å²) in [6, 6.07) is 0. The van der Waals surface area contributed by atoms with Crippen molar-refractivity contribution in [3.63, 3.8) is 0 Å². The Labute approximate surface area is 66.2 Å². The van der Waals surface area contributed by atoms with Crippen LogP contribution in [-0.2, 0) is 4.79 Å². The number of thiazole rings is 1. The third-order valence-corrected chi connectivity index (χ3v) is 1.68. The van der Waals surface area contributed by atoms with Crippen LogP contribution in [0, 0.1) is 0 Å². The number of oxime groups is 1. The topological polar surface area (TPSA) is 88.6 Å². The second-order valence-corrected chi connectivity index (χ2v) is 2.56. The standard InChI is InChI=1S/C5H5N3O2S/c6-5-7-4(2-11-5)3(1-9)8-10/h1-2,10H,(H2,6,7)/b8-3+. The summed E-state index contributed by atoms with van der Waals surface area (Å²) in [5, 5.41) is 12.9. The van der Waals surface area contributed by atoms with E-state index >= 15 is 0 Å². The van der Waals surface area contributed by atoms with E-state index in [0.29, 0.717) is 17.1 Å². The summed E-state index contributed by atoms with van der Waals surface area (Å²) in [6.45, 7) is 0. The predicted molar refractivity (Wildman–Crippen MR) is 40.9 cm³/mol. The van der Waals surface area contributed by atoms with Crippen molar-refractivity contribution in [2.45, 2.75) is 0 Å². The number of carbonyl (C=O) groups excluding carboxylic acids is 1. The molecule has 0 radical (unpaired) electrons. The minimum Gasteiger partial charge on any atom is -0.410 e. The second kappa shape index (κ2) is 3.11. The smallest absolute Gasteiger partial charge is 0.180 e. The van der Waals surface area contributed by atoms with E-state index in [-0.39, 0.29) is 5.71 Å². The van der Waals surface area contributed by atoms with Crippen molar-refractivity contribution >= 4 is 28.5 Å². The molecule has 3 N–H and O–H groups in total. The number of nitrogen functional groups attached to an aromatic ring is 1.